The number of hydrogen-bond donors (Lipinski definition) is 1. The van der Waals surface area contributed by atoms with Crippen molar-refractivity contribution in [2.75, 3.05) is 12.4 Å². The Morgan fingerprint density at radius 3 is 2.33 bits per heavy atom. The Bertz CT molecular complexity index is 639. The summed E-state index contributed by atoms with van der Waals surface area (Å²) in [5, 5.41) is 3.76. The summed E-state index contributed by atoms with van der Waals surface area (Å²) in [7, 11) is 1.38. The van der Waals surface area contributed by atoms with Crippen LogP contribution in [0.2, 0.25) is 5.02 Å². The molecule has 0 amide bonds. The monoisotopic (exact) mass is 303 g/mol. The highest BCUT2D eigenvalue weighted by Crippen LogP contribution is 2.31. The highest BCUT2D eigenvalue weighted by Gasteiger charge is 2.36. The van der Waals surface area contributed by atoms with Crippen LogP contribution in [-0.4, -0.2) is 13.1 Å². The Morgan fingerprint density at radius 2 is 1.76 bits per heavy atom. The highest BCUT2D eigenvalue weighted by molar-refractivity contribution is 6.33. The maximum absolute atomic E-state index is 12.3. The summed E-state index contributed by atoms with van der Waals surface area (Å²) in [6, 6.07) is 15.1. The molecule has 1 unspecified atom stereocenters. The van der Waals surface area contributed by atoms with Gasteiger partial charge in [0.05, 0.1) is 17.8 Å². The topological polar surface area (TPSA) is 38.3 Å². The third-order valence-corrected chi connectivity index (χ3v) is 3.81. The molecule has 2 rings (SSSR count). The lowest BCUT2D eigenvalue weighted by atomic mass is 9.91. The second kappa shape index (κ2) is 6.19. The van der Waals surface area contributed by atoms with Gasteiger partial charge in [-0.1, -0.05) is 53.6 Å². The zero-order valence-electron chi connectivity index (χ0n) is 12.3. The molecule has 0 fully saturated rings. The molecule has 3 nitrogen and oxygen atoms in total. The van der Waals surface area contributed by atoms with Crippen molar-refractivity contribution in [1.29, 1.82) is 0 Å². The first kappa shape index (κ1) is 15.4. The second-order valence-electron chi connectivity index (χ2n) is 5.09. The number of hydrogen-bond acceptors (Lipinski definition) is 3. The molecule has 0 aliphatic carbocycles. The molecule has 1 atom stereocenters. The lowest BCUT2D eigenvalue weighted by molar-refractivity contribution is -0.145. The lowest BCUT2D eigenvalue weighted by Gasteiger charge is -2.30. The van der Waals surface area contributed by atoms with Crippen molar-refractivity contribution in [2.45, 2.75) is 19.4 Å². The number of methoxy groups -OCH3 is 1. The highest BCUT2D eigenvalue weighted by atomic mass is 35.5. The number of anilines is 1. The van der Waals surface area contributed by atoms with Crippen LogP contribution >= 0.6 is 11.6 Å². The molecule has 0 aliphatic heterocycles. The van der Waals surface area contributed by atoms with E-state index >= 15 is 0 Å². The van der Waals surface area contributed by atoms with Crippen LogP contribution in [0.3, 0.4) is 0 Å². The predicted octanol–water partition coefficient (Wildman–Crippen LogP) is 4.15. The third-order valence-electron chi connectivity index (χ3n) is 3.48. The van der Waals surface area contributed by atoms with Crippen molar-refractivity contribution in [3.63, 3.8) is 0 Å². The maximum Gasteiger partial charge on any atom is 0.335 e. The standard InChI is InChI=1S/C17H18ClNO2/c1-12-8-10-13(11-9-12)17(2,16(20)21-3)19-15-7-5-4-6-14(15)18/h4-11,19H,1-3H3. The van der Waals surface area contributed by atoms with Gasteiger partial charge >= 0.3 is 5.97 Å². The van der Waals surface area contributed by atoms with Crippen LogP contribution in [0, 0.1) is 6.92 Å². The molecule has 0 spiro atoms. The van der Waals surface area contributed by atoms with Crippen LogP contribution in [0.15, 0.2) is 48.5 Å². The first-order valence-electron chi connectivity index (χ1n) is 6.65. The van der Waals surface area contributed by atoms with E-state index in [9.17, 15) is 4.79 Å². The molecule has 2 aromatic carbocycles. The molecule has 0 radical (unpaired) electrons. The SMILES string of the molecule is COC(=O)C(C)(Nc1ccccc1Cl)c1ccc(C)cc1. The molecule has 2 aromatic rings. The van der Waals surface area contributed by atoms with Crippen LogP contribution in [0.1, 0.15) is 18.1 Å². The van der Waals surface area contributed by atoms with Crippen molar-refractivity contribution in [3.05, 3.63) is 64.7 Å². The lowest BCUT2D eigenvalue weighted by Crippen LogP contribution is -2.41. The van der Waals surface area contributed by atoms with Gasteiger partial charge in [-0.05, 0) is 31.5 Å². The number of rotatable bonds is 4. The average Bonchev–Trinajstić information content (AvgIpc) is 2.49. The van der Waals surface area contributed by atoms with Crippen molar-refractivity contribution < 1.29 is 9.53 Å². The first-order chi connectivity index (χ1) is 9.97. The summed E-state index contributed by atoms with van der Waals surface area (Å²) in [5.41, 5.74) is 1.63. The zero-order chi connectivity index (χ0) is 15.5. The van der Waals surface area contributed by atoms with Crippen molar-refractivity contribution in [3.8, 4) is 0 Å². The zero-order valence-corrected chi connectivity index (χ0v) is 13.1. The minimum absolute atomic E-state index is 0.369. The smallest absolute Gasteiger partial charge is 0.335 e. The minimum Gasteiger partial charge on any atom is -0.467 e. The summed E-state index contributed by atoms with van der Waals surface area (Å²) in [6.45, 7) is 3.79. The van der Waals surface area contributed by atoms with Crippen LogP contribution in [0.4, 0.5) is 5.69 Å². The maximum atomic E-state index is 12.3. The van der Waals surface area contributed by atoms with Gasteiger partial charge in [0.1, 0.15) is 0 Å². The van der Waals surface area contributed by atoms with E-state index in [0.717, 1.165) is 11.1 Å². The second-order valence-corrected chi connectivity index (χ2v) is 5.49. The molecule has 0 aliphatic rings. The Kier molecular flexibility index (Phi) is 4.53. The van der Waals surface area contributed by atoms with Crippen molar-refractivity contribution >= 4 is 23.3 Å². The Balaban J connectivity index is 2.45. The first-order valence-corrected chi connectivity index (χ1v) is 7.03. The van der Waals surface area contributed by atoms with Crippen LogP contribution in [-0.2, 0) is 15.1 Å². The molecule has 110 valence electrons. The van der Waals surface area contributed by atoms with E-state index in [0.29, 0.717) is 10.7 Å². The van der Waals surface area contributed by atoms with Gasteiger partial charge in [0, 0.05) is 0 Å². The number of carbonyl (C=O) groups excluding carboxylic acids is 1. The number of ether oxygens (including phenoxy) is 1. The van der Waals surface area contributed by atoms with Gasteiger partial charge in [-0.3, -0.25) is 0 Å². The van der Waals surface area contributed by atoms with Crippen molar-refractivity contribution in [2.24, 2.45) is 0 Å². The van der Waals surface area contributed by atoms with Gasteiger partial charge in [-0.2, -0.15) is 0 Å². The fraction of sp³-hybridized carbons (Fsp3) is 0.235. The van der Waals surface area contributed by atoms with E-state index in [1.165, 1.54) is 7.11 Å². The van der Waals surface area contributed by atoms with E-state index in [-0.39, 0.29) is 5.97 Å². The molecule has 1 N–H and O–H groups in total. The van der Waals surface area contributed by atoms with Gasteiger partial charge in [-0.15, -0.1) is 0 Å². The van der Waals surface area contributed by atoms with E-state index in [4.69, 9.17) is 16.3 Å². The number of nitrogens with one attached hydrogen (secondary N) is 1. The number of benzene rings is 2. The fourth-order valence-electron chi connectivity index (χ4n) is 2.16. The molecule has 0 aromatic heterocycles. The molecule has 21 heavy (non-hydrogen) atoms. The fourth-order valence-corrected chi connectivity index (χ4v) is 2.35. The number of halogens is 1. The minimum atomic E-state index is -1.01. The molecular weight excluding hydrogens is 286 g/mol. The van der Waals surface area contributed by atoms with E-state index in [2.05, 4.69) is 5.32 Å². The van der Waals surface area contributed by atoms with Crippen LogP contribution < -0.4 is 5.32 Å². The Hall–Kier alpha value is -2.00. The summed E-state index contributed by atoms with van der Waals surface area (Å²) in [4.78, 5) is 12.3. The van der Waals surface area contributed by atoms with Gasteiger partial charge in [0.25, 0.3) is 0 Å². The summed E-state index contributed by atoms with van der Waals surface area (Å²) in [6.07, 6.45) is 0. The van der Waals surface area contributed by atoms with E-state index < -0.39 is 5.54 Å². The number of esters is 1. The van der Waals surface area contributed by atoms with Gasteiger partial charge < -0.3 is 10.1 Å². The molecule has 4 heteroatoms. The normalized spacial score (nSPS) is 13.3. The van der Waals surface area contributed by atoms with Gasteiger partial charge in [-0.25, -0.2) is 4.79 Å². The van der Waals surface area contributed by atoms with E-state index in [1.807, 2.05) is 49.4 Å². The molecular formula is C17H18ClNO2. The van der Waals surface area contributed by atoms with E-state index in [1.54, 1.807) is 13.0 Å². The third kappa shape index (κ3) is 3.19. The average molecular weight is 304 g/mol. The molecule has 0 saturated carbocycles. The Labute approximate surface area is 129 Å². The predicted molar refractivity (Wildman–Crippen MR) is 85.6 cm³/mol. The number of para-hydroxylation sites is 1. The number of carbonyl (C=O) groups is 1. The van der Waals surface area contributed by atoms with Gasteiger partial charge in [0.15, 0.2) is 5.54 Å². The van der Waals surface area contributed by atoms with Gasteiger partial charge in [0.2, 0.25) is 0 Å². The summed E-state index contributed by atoms with van der Waals surface area (Å²) in [5.74, 6) is -0.369. The molecule has 0 bridgehead atoms. The largest absolute Gasteiger partial charge is 0.467 e. The van der Waals surface area contributed by atoms with Crippen molar-refractivity contribution in [1.82, 2.24) is 0 Å². The number of aryl methyl sites for hydroxylation is 1. The van der Waals surface area contributed by atoms with Crippen LogP contribution in [0.25, 0.3) is 0 Å². The molecule has 0 heterocycles. The summed E-state index contributed by atoms with van der Waals surface area (Å²) < 4.78 is 4.97. The summed E-state index contributed by atoms with van der Waals surface area (Å²) >= 11 is 6.18. The Morgan fingerprint density at radius 1 is 1.14 bits per heavy atom. The molecule has 0 saturated heterocycles. The van der Waals surface area contributed by atoms with Crippen LogP contribution in [0.5, 0.6) is 0 Å². The quantitative estimate of drug-likeness (QED) is 0.862.